The number of halogens is 2. The second-order valence-corrected chi connectivity index (χ2v) is 8.86. The Kier molecular flexibility index (Phi) is 4.59. The van der Waals surface area contributed by atoms with Crippen molar-refractivity contribution in [3.05, 3.63) is 45.9 Å². The number of thiazole rings is 2. The van der Waals surface area contributed by atoms with Gasteiger partial charge in [0.05, 0.1) is 36.0 Å². The van der Waals surface area contributed by atoms with Gasteiger partial charge in [0, 0.05) is 0 Å². The maximum absolute atomic E-state index is 12.5. The lowest BCUT2D eigenvalue weighted by Crippen LogP contribution is -2.12. The van der Waals surface area contributed by atoms with Crippen molar-refractivity contribution in [2.45, 2.75) is 4.34 Å². The number of fused-ring (bicyclic) bond motifs is 3. The lowest BCUT2D eigenvalue weighted by molar-refractivity contribution is 0.102. The van der Waals surface area contributed by atoms with E-state index in [0.29, 0.717) is 15.7 Å². The molecule has 4 rings (SSSR count). The van der Waals surface area contributed by atoms with E-state index < -0.39 is 0 Å². The van der Waals surface area contributed by atoms with Gasteiger partial charge < -0.3 is 0 Å². The molecule has 4 nitrogen and oxygen atoms in total. The fourth-order valence-corrected chi connectivity index (χ4v) is 5.38. The number of carbonyl (C=O) groups is 1. The highest BCUT2D eigenvalue weighted by atomic mass is 35.5. The molecule has 0 saturated heterocycles. The summed E-state index contributed by atoms with van der Waals surface area (Å²) in [6.45, 7) is 0. The molecule has 25 heavy (non-hydrogen) atoms. The zero-order valence-electron chi connectivity index (χ0n) is 12.7. The van der Waals surface area contributed by atoms with Crippen LogP contribution >= 0.6 is 57.6 Å². The molecule has 0 aliphatic rings. The summed E-state index contributed by atoms with van der Waals surface area (Å²) in [5.41, 5.74) is 2.10. The Morgan fingerprint density at radius 1 is 1.08 bits per heavy atom. The molecule has 2 aromatic carbocycles. The van der Waals surface area contributed by atoms with Crippen LogP contribution in [-0.2, 0) is 0 Å². The van der Waals surface area contributed by atoms with E-state index in [1.54, 1.807) is 41.3 Å². The van der Waals surface area contributed by atoms with Crippen molar-refractivity contribution < 1.29 is 4.79 Å². The number of anilines is 1. The van der Waals surface area contributed by atoms with Crippen LogP contribution in [0.4, 0.5) is 5.13 Å². The fraction of sp³-hybridized carbons (Fsp3) is 0.0625. The molecule has 1 amide bonds. The first-order valence-electron chi connectivity index (χ1n) is 7.06. The van der Waals surface area contributed by atoms with Gasteiger partial charge in [0.25, 0.3) is 5.91 Å². The van der Waals surface area contributed by atoms with Crippen LogP contribution in [0.5, 0.6) is 0 Å². The molecule has 126 valence electrons. The number of thioether (sulfide) groups is 1. The molecule has 0 fully saturated rings. The molecule has 0 aliphatic carbocycles. The first-order chi connectivity index (χ1) is 12.1. The number of aromatic nitrogens is 2. The normalized spacial score (nSPS) is 11.3. The maximum Gasteiger partial charge on any atom is 0.259 e. The summed E-state index contributed by atoms with van der Waals surface area (Å²) in [6.07, 6.45) is 2.00. The molecular weight excluding hydrogens is 417 g/mol. The SMILES string of the molecule is CSc1nc2ccc3nc(NC(=O)c4cccc(Cl)c4Cl)sc3c2s1. The molecule has 0 atom stereocenters. The molecular formula is C16H9Cl2N3OS3. The van der Waals surface area contributed by atoms with Gasteiger partial charge in [-0.1, -0.05) is 52.4 Å². The van der Waals surface area contributed by atoms with Crippen molar-refractivity contribution in [2.24, 2.45) is 0 Å². The predicted octanol–water partition coefficient (Wildman–Crippen LogP) is 6.19. The van der Waals surface area contributed by atoms with Crippen molar-refractivity contribution in [1.29, 1.82) is 0 Å². The van der Waals surface area contributed by atoms with E-state index in [1.165, 1.54) is 11.3 Å². The van der Waals surface area contributed by atoms with Crippen molar-refractivity contribution >= 4 is 89.1 Å². The molecule has 0 bridgehead atoms. The fourth-order valence-electron chi connectivity index (χ4n) is 2.34. The molecule has 1 N–H and O–H groups in total. The first kappa shape index (κ1) is 17.1. The molecule has 0 unspecified atom stereocenters. The van der Waals surface area contributed by atoms with Gasteiger partial charge in [0.2, 0.25) is 0 Å². The lowest BCUT2D eigenvalue weighted by atomic mass is 10.2. The number of benzene rings is 2. The molecule has 0 spiro atoms. The minimum atomic E-state index is -0.336. The number of carbonyl (C=O) groups excluding carboxylic acids is 1. The van der Waals surface area contributed by atoms with Gasteiger partial charge in [0.1, 0.15) is 0 Å². The van der Waals surface area contributed by atoms with Crippen LogP contribution in [0.15, 0.2) is 34.7 Å². The third-order valence-corrected chi connectivity index (χ3v) is 7.51. The first-order valence-corrected chi connectivity index (χ1v) is 10.7. The zero-order valence-corrected chi connectivity index (χ0v) is 16.6. The van der Waals surface area contributed by atoms with E-state index in [2.05, 4.69) is 15.3 Å². The number of hydrogen-bond donors (Lipinski definition) is 1. The molecule has 2 aromatic heterocycles. The standard InChI is InChI=1S/C16H9Cl2N3OS3/c1-23-16-20-10-6-5-9-12(13(10)25-16)24-15(19-9)21-14(22)7-3-2-4-8(17)11(7)18/h2-6H,1H3,(H,19,21,22). The van der Waals surface area contributed by atoms with Crippen LogP contribution in [0.2, 0.25) is 10.0 Å². The Hall–Kier alpha value is -1.38. The van der Waals surface area contributed by atoms with Gasteiger partial charge in [-0.15, -0.1) is 11.3 Å². The van der Waals surface area contributed by atoms with E-state index in [-0.39, 0.29) is 10.9 Å². The van der Waals surface area contributed by atoms with Crippen molar-refractivity contribution in [1.82, 2.24) is 9.97 Å². The molecule has 0 saturated carbocycles. The van der Waals surface area contributed by atoms with E-state index in [1.807, 2.05) is 18.4 Å². The largest absolute Gasteiger partial charge is 0.298 e. The second-order valence-electron chi connectivity index (χ2n) is 5.02. The summed E-state index contributed by atoms with van der Waals surface area (Å²) in [5.74, 6) is -0.336. The van der Waals surface area contributed by atoms with E-state index in [4.69, 9.17) is 23.2 Å². The molecule has 2 heterocycles. The zero-order chi connectivity index (χ0) is 17.6. The Morgan fingerprint density at radius 3 is 2.56 bits per heavy atom. The summed E-state index contributed by atoms with van der Waals surface area (Å²) in [5, 5.41) is 3.90. The molecule has 9 heteroatoms. The van der Waals surface area contributed by atoms with Gasteiger partial charge in [-0.05, 0) is 30.5 Å². The quantitative estimate of drug-likeness (QED) is 0.397. The lowest BCUT2D eigenvalue weighted by Gasteiger charge is -2.04. The van der Waals surface area contributed by atoms with Crippen LogP contribution in [0.25, 0.3) is 20.4 Å². The number of nitrogens with one attached hydrogen (secondary N) is 1. The summed E-state index contributed by atoms with van der Waals surface area (Å²) in [6, 6.07) is 8.82. The van der Waals surface area contributed by atoms with E-state index in [9.17, 15) is 4.79 Å². The van der Waals surface area contributed by atoms with E-state index in [0.717, 1.165) is 24.8 Å². The average Bonchev–Trinajstić information content (AvgIpc) is 3.19. The highest BCUT2D eigenvalue weighted by Crippen LogP contribution is 2.38. The van der Waals surface area contributed by atoms with Gasteiger partial charge in [0.15, 0.2) is 9.47 Å². The van der Waals surface area contributed by atoms with Gasteiger partial charge in [-0.2, -0.15) is 0 Å². The van der Waals surface area contributed by atoms with Crippen molar-refractivity contribution in [3.8, 4) is 0 Å². The average molecular weight is 426 g/mol. The molecule has 0 radical (unpaired) electrons. The summed E-state index contributed by atoms with van der Waals surface area (Å²) < 4.78 is 3.11. The Labute approximate surface area is 165 Å². The van der Waals surface area contributed by atoms with Crippen molar-refractivity contribution in [2.75, 3.05) is 11.6 Å². The Balaban J connectivity index is 1.72. The number of amides is 1. The highest BCUT2D eigenvalue weighted by molar-refractivity contribution is 8.00. The van der Waals surface area contributed by atoms with Crippen molar-refractivity contribution in [3.63, 3.8) is 0 Å². The van der Waals surface area contributed by atoms with Crippen LogP contribution in [0.1, 0.15) is 10.4 Å². The van der Waals surface area contributed by atoms with Gasteiger partial charge >= 0.3 is 0 Å². The Bertz CT molecular complexity index is 1120. The number of nitrogens with zero attached hydrogens (tertiary/aromatic N) is 2. The Morgan fingerprint density at radius 2 is 1.80 bits per heavy atom. The minimum absolute atomic E-state index is 0.234. The third kappa shape index (κ3) is 3.11. The minimum Gasteiger partial charge on any atom is -0.298 e. The summed E-state index contributed by atoms with van der Waals surface area (Å²) in [4.78, 5) is 21.5. The van der Waals surface area contributed by atoms with Gasteiger partial charge in [-0.3, -0.25) is 10.1 Å². The van der Waals surface area contributed by atoms with Crippen LogP contribution in [-0.4, -0.2) is 22.1 Å². The van der Waals surface area contributed by atoms with E-state index >= 15 is 0 Å². The van der Waals surface area contributed by atoms with Crippen LogP contribution < -0.4 is 5.32 Å². The topological polar surface area (TPSA) is 54.9 Å². The smallest absolute Gasteiger partial charge is 0.259 e. The molecule has 0 aliphatic heterocycles. The number of hydrogen-bond acceptors (Lipinski definition) is 6. The van der Waals surface area contributed by atoms with Crippen LogP contribution in [0.3, 0.4) is 0 Å². The van der Waals surface area contributed by atoms with Gasteiger partial charge in [-0.25, -0.2) is 9.97 Å². The number of rotatable bonds is 3. The summed E-state index contributed by atoms with van der Waals surface area (Å²) >= 11 is 16.8. The monoisotopic (exact) mass is 425 g/mol. The molecule has 4 aromatic rings. The third-order valence-electron chi connectivity index (χ3n) is 3.48. The predicted molar refractivity (Wildman–Crippen MR) is 109 cm³/mol. The summed E-state index contributed by atoms with van der Waals surface area (Å²) in [7, 11) is 0. The maximum atomic E-state index is 12.5. The highest BCUT2D eigenvalue weighted by Gasteiger charge is 2.16. The second kappa shape index (κ2) is 6.74. The van der Waals surface area contributed by atoms with Crippen LogP contribution in [0, 0.1) is 0 Å².